The number of benzene rings is 1. The van der Waals surface area contributed by atoms with E-state index in [4.69, 9.17) is 0 Å². The average Bonchev–Trinajstić information content (AvgIpc) is 2.27. The van der Waals surface area contributed by atoms with Gasteiger partial charge >= 0.3 is 0 Å². The second kappa shape index (κ2) is 4.16. The van der Waals surface area contributed by atoms with Gasteiger partial charge in [-0.15, -0.1) is 0 Å². The van der Waals surface area contributed by atoms with Crippen LogP contribution in [0.5, 0.6) is 0 Å². The van der Waals surface area contributed by atoms with Gasteiger partial charge < -0.3 is 0 Å². The first-order valence-electron chi connectivity index (χ1n) is 5.96. The zero-order valence-corrected chi connectivity index (χ0v) is 9.34. The maximum absolute atomic E-state index is 2.45. The molecule has 0 amide bonds. The molecule has 0 heterocycles. The zero-order valence-electron chi connectivity index (χ0n) is 9.34. The van der Waals surface area contributed by atoms with E-state index in [0.29, 0.717) is 0 Å². The Hall–Kier alpha value is -0.780. The molecule has 0 saturated carbocycles. The van der Waals surface area contributed by atoms with Crippen LogP contribution in [0.25, 0.3) is 0 Å². The first kappa shape index (κ1) is 9.76. The highest BCUT2D eigenvalue weighted by atomic mass is 14.2. The molecule has 0 bridgehead atoms. The molecule has 0 saturated heterocycles. The summed E-state index contributed by atoms with van der Waals surface area (Å²) in [5, 5.41) is 0. The van der Waals surface area contributed by atoms with Gasteiger partial charge in [-0.25, -0.2) is 0 Å². The van der Waals surface area contributed by atoms with Crippen molar-refractivity contribution in [1.29, 1.82) is 0 Å². The summed E-state index contributed by atoms with van der Waals surface area (Å²) < 4.78 is 0. The molecule has 1 aromatic rings. The highest BCUT2D eigenvalue weighted by Crippen LogP contribution is 2.34. The maximum Gasteiger partial charge on any atom is -0.0162 e. The summed E-state index contributed by atoms with van der Waals surface area (Å²) in [6.07, 6.45) is 6.56. The number of hydrogen-bond acceptors (Lipinski definition) is 0. The fourth-order valence-corrected chi connectivity index (χ4v) is 2.59. The Morgan fingerprint density at radius 3 is 2.86 bits per heavy atom. The summed E-state index contributed by atoms with van der Waals surface area (Å²) in [5.41, 5.74) is 4.77. The Kier molecular flexibility index (Phi) is 2.90. The first-order chi connectivity index (χ1) is 6.85. The van der Waals surface area contributed by atoms with E-state index in [2.05, 4.69) is 32.0 Å². The molecule has 1 aliphatic rings. The van der Waals surface area contributed by atoms with E-state index < -0.39 is 0 Å². The third-order valence-corrected chi connectivity index (χ3v) is 3.55. The van der Waals surface area contributed by atoms with Gasteiger partial charge in [0.05, 0.1) is 0 Å². The van der Waals surface area contributed by atoms with E-state index in [1.165, 1.54) is 37.7 Å². The Bertz CT molecular complexity index is 312. The summed E-state index contributed by atoms with van der Waals surface area (Å²) in [7, 11) is 0. The molecule has 0 fully saturated rings. The molecule has 0 aliphatic heterocycles. The molecule has 2 rings (SSSR count). The lowest BCUT2D eigenvalue weighted by atomic mass is 9.80. The second-order valence-corrected chi connectivity index (χ2v) is 4.38. The lowest BCUT2D eigenvalue weighted by Crippen LogP contribution is -2.09. The Labute approximate surface area is 87.3 Å². The summed E-state index contributed by atoms with van der Waals surface area (Å²) in [6, 6.07) is 7.11. The third kappa shape index (κ3) is 1.70. The van der Waals surface area contributed by atoms with Crippen molar-refractivity contribution in [2.75, 3.05) is 0 Å². The molecule has 0 nitrogen and oxygen atoms in total. The van der Waals surface area contributed by atoms with Crippen LogP contribution < -0.4 is 0 Å². The first-order valence-corrected chi connectivity index (χ1v) is 5.96. The van der Waals surface area contributed by atoms with Gasteiger partial charge in [0.25, 0.3) is 0 Å². The van der Waals surface area contributed by atoms with Crippen molar-refractivity contribution >= 4 is 0 Å². The van der Waals surface area contributed by atoms with Gasteiger partial charge in [-0.05, 0) is 54.7 Å². The van der Waals surface area contributed by atoms with Gasteiger partial charge in [0.1, 0.15) is 0 Å². The van der Waals surface area contributed by atoms with Crippen LogP contribution in [-0.4, -0.2) is 0 Å². The van der Waals surface area contributed by atoms with E-state index in [0.717, 1.165) is 5.92 Å². The van der Waals surface area contributed by atoms with Gasteiger partial charge in [0.15, 0.2) is 0 Å². The van der Waals surface area contributed by atoms with Crippen LogP contribution in [0.2, 0.25) is 0 Å². The van der Waals surface area contributed by atoms with Gasteiger partial charge in [-0.2, -0.15) is 0 Å². The van der Waals surface area contributed by atoms with Crippen LogP contribution in [0.1, 0.15) is 55.7 Å². The molecule has 0 N–H and O–H groups in total. The van der Waals surface area contributed by atoms with E-state index in [1.54, 1.807) is 11.1 Å². The van der Waals surface area contributed by atoms with Crippen LogP contribution in [0.3, 0.4) is 0 Å². The summed E-state index contributed by atoms with van der Waals surface area (Å²) in [6.45, 7) is 4.56. The van der Waals surface area contributed by atoms with Gasteiger partial charge in [-0.3, -0.25) is 0 Å². The number of hydrogen-bond donors (Lipinski definition) is 0. The lowest BCUT2D eigenvalue weighted by Gasteiger charge is -2.25. The molecule has 0 heteroatoms. The minimum Gasteiger partial charge on any atom is -0.0648 e. The van der Waals surface area contributed by atoms with Crippen LogP contribution >= 0.6 is 0 Å². The average molecular weight is 188 g/mol. The van der Waals surface area contributed by atoms with Crippen molar-refractivity contribution in [3.63, 3.8) is 0 Å². The predicted molar refractivity (Wildman–Crippen MR) is 61.8 cm³/mol. The fourth-order valence-electron chi connectivity index (χ4n) is 2.59. The van der Waals surface area contributed by atoms with Crippen molar-refractivity contribution in [3.8, 4) is 0 Å². The van der Waals surface area contributed by atoms with Crippen molar-refractivity contribution in [1.82, 2.24) is 0 Å². The molecule has 1 aromatic carbocycles. The van der Waals surface area contributed by atoms with E-state index >= 15 is 0 Å². The van der Waals surface area contributed by atoms with Crippen molar-refractivity contribution in [2.45, 2.75) is 51.9 Å². The number of rotatable bonds is 2. The highest BCUT2D eigenvalue weighted by molar-refractivity contribution is 5.36. The summed E-state index contributed by atoms with van der Waals surface area (Å²) >= 11 is 0. The predicted octanol–water partition coefficient (Wildman–Crippen LogP) is 4.08. The van der Waals surface area contributed by atoms with E-state index in [1.807, 2.05) is 0 Å². The maximum atomic E-state index is 2.45. The van der Waals surface area contributed by atoms with Crippen molar-refractivity contribution in [3.05, 3.63) is 34.9 Å². The molecule has 0 aromatic heterocycles. The minimum atomic E-state index is 0.838. The molecule has 76 valence electrons. The molecule has 1 unspecified atom stereocenters. The molecule has 1 aliphatic carbocycles. The summed E-state index contributed by atoms with van der Waals surface area (Å²) in [4.78, 5) is 0. The van der Waals surface area contributed by atoms with E-state index in [9.17, 15) is 0 Å². The second-order valence-electron chi connectivity index (χ2n) is 4.38. The minimum absolute atomic E-state index is 0.838. The largest absolute Gasteiger partial charge is 0.0648 e. The topological polar surface area (TPSA) is 0 Å². The third-order valence-electron chi connectivity index (χ3n) is 3.55. The fraction of sp³-hybridized carbons (Fsp3) is 0.571. The monoisotopic (exact) mass is 188 g/mol. The normalized spacial score (nSPS) is 20.6. The lowest BCUT2D eigenvalue weighted by molar-refractivity contribution is 0.539. The van der Waals surface area contributed by atoms with Crippen LogP contribution in [0, 0.1) is 0 Å². The SMILES string of the molecule is CCc1ccc2c(c1)C(CC)CCC2. The van der Waals surface area contributed by atoms with Gasteiger partial charge in [0, 0.05) is 0 Å². The van der Waals surface area contributed by atoms with Crippen LogP contribution in [-0.2, 0) is 12.8 Å². The Morgan fingerprint density at radius 2 is 2.14 bits per heavy atom. The van der Waals surface area contributed by atoms with Gasteiger partial charge in [-0.1, -0.05) is 32.0 Å². The van der Waals surface area contributed by atoms with Crippen molar-refractivity contribution in [2.24, 2.45) is 0 Å². The Morgan fingerprint density at radius 1 is 1.29 bits per heavy atom. The highest BCUT2D eigenvalue weighted by Gasteiger charge is 2.18. The quantitative estimate of drug-likeness (QED) is 0.656. The van der Waals surface area contributed by atoms with Gasteiger partial charge in [0.2, 0.25) is 0 Å². The molecule has 1 atom stereocenters. The number of fused-ring (bicyclic) bond motifs is 1. The smallest absolute Gasteiger partial charge is 0.0162 e. The van der Waals surface area contributed by atoms with Crippen molar-refractivity contribution < 1.29 is 0 Å². The Balaban J connectivity index is 2.38. The molecular formula is C14H20. The van der Waals surface area contributed by atoms with Crippen LogP contribution in [0.15, 0.2) is 18.2 Å². The molecule has 0 spiro atoms. The van der Waals surface area contributed by atoms with E-state index in [-0.39, 0.29) is 0 Å². The zero-order chi connectivity index (χ0) is 9.97. The molecule has 0 radical (unpaired) electrons. The standard InChI is InChI=1S/C14H20/c1-3-11-8-9-13-7-5-6-12(4-2)14(13)10-11/h8-10,12H,3-7H2,1-2H3. The van der Waals surface area contributed by atoms with Crippen LogP contribution in [0.4, 0.5) is 0 Å². The number of aryl methyl sites for hydroxylation is 2. The molecule has 14 heavy (non-hydrogen) atoms. The summed E-state index contributed by atoms with van der Waals surface area (Å²) in [5.74, 6) is 0.838. The molecular weight excluding hydrogens is 168 g/mol.